The highest BCUT2D eigenvalue weighted by Crippen LogP contribution is 2.53. The van der Waals surface area contributed by atoms with E-state index in [0.717, 1.165) is 10.9 Å². The maximum absolute atomic E-state index is 12.7. The highest BCUT2D eigenvalue weighted by atomic mass is 79.9. The molecule has 1 aromatic rings. The predicted molar refractivity (Wildman–Crippen MR) is 84.2 cm³/mol. The van der Waals surface area contributed by atoms with E-state index in [-0.39, 0.29) is 5.54 Å². The Morgan fingerprint density at radius 3 is 2.75 bits per heavy atom. The lowest BCUT2D eigenvalue weighted by Gasteiger charge is -2.50. The Kier molecular flexibility index (Phi) is 2.79. The van der Waals surface area contributed by atoms with E-state index in [2.05, 4.69) is 39.9 Å². The van der Waals surface area contributed by atoms with Gasteiger partial charge in [-0.15, -0.1) is 0 Å². The molecule has 1 spiro atoms. The minimum absolute atomic E-state index is 0.126. The van der Waals surface area contributed by atoms with Crippen molar-refractivity contribution in [3.8, 4) is 0 Å². The van der Waals surface area contributed by atoms with Crippen LogP contribution in [0.1, 0.15) is 62.5 Å². The Bertz CT molecular complexity index is 589. The fourth-order valence-corrected chi connectivity index (χ4v) is 5.26. The molecule has 1 unspecified atom stereocenters. The van der Waals surface area contributed by atoms with Crippen molar-refractivity contribution in [1.82, 2.24) is 0 Å². The lowest BCUT2D eigenvalue weighted by molar-refractivity contribution is -0.119. The minimum Gasteiger partial charge on any atom is -0.305 e. The quantitative estimate of drug-likeness (QED) is 0.682. The normalized spacial score (nSPS) is 27.0. The van der Waals surface area contributed by atoms with Crippen LogP contribution in [0.15, 0.2) is 16.6 Å². The summed E-state index contributed by atoms with van der Waals surface area (Å²) in [5.74, 6) is 0.884. The summed E-state index contributed by atoms with van der Waals surface area (Å²) in [5, 5.41) is 0. The molecule has 1 fully saturated rings. The standard InChI is InChI=1S/C17H20BrNO/c1-11-10-17(5-3-2-4-6-17)19-15(20)8-12-7-13(18)9-14(11)16(12)19/h7,9,11H,2-6,8,10H2,1H3. The Morgan fingerprint density at radius 1 is 1.25 bits per heavy atom. The van der Waals surface area contributed by atoms with Gasteiger partial charge in [0.2, 0.25) is 5.91 Å². The number of nitrogens with zero attached hydrogens (tertiary/aromatic N) is 1. The van der Waals surface area contributed by atoms with Crippen molar-refractivity contribution in [3.05, 3.63) is 27.7 Å². The topological polar surface area (TPSA) is 20.3 Å². The van der Waals surface area contributed by atoms with Crippen LogP contribution in [0.2, 0.25) is 0 Å². The maximum atomic E-state index is 12.7. The third kappa shape index (κ3) is 1.65. The summed E-state index contributed by atoms with van der Waals surface area (Å²) in [6, 6.07) is 4.37. The van der Waals surface area contributed by atoms with Crippen molar-refractivity contribution >= 4 is 27.5 Å². The number of halogens is 1. The molecule has 106 valence electrons. The highest BCUT2D eigenvalue weighted by Gasteiger charge is 2.50. The molecule has 0 saturated heterocycles. The molecule has 1 aliphatic carbocycles. The van der Waals surface area contributed by atoms with Crippen molar-refractivity contribution in [3.63, 3.8) is 0 Å². The zero-order valence-electron chi connectivity index (χ0n) is 11.9. The van der Waals surface area contributed by atoms with E-state index in [1.54, 1.807) is 0 Å². The molecule has 3 aliphatic rings. The number of fused-ring (bicyclic) bond motifs is 1. The van der Waals surface area contributed by atoms with Gasteiger partial charge in [0.15, 0.2) is 0 Å². The molecule has 0 N–H and O–H groups in total. The van der Waals surface area contributed by atoms with Gasteiger partial charge in [0, 0.05) is 10.0 Å². The Morgan fingerprint density at radius 2 is 2.00 bits per heavy atom. The van der Waals surface area contributed by atoms with Crippen LogP contribution < -0.4 is 4.90 Å². The SMILES string of the molecule is CC1CC2(CCCCC2)N2C(=O)Cc3cc(Br)cc1c32. The first-order valence-corrected chi connectivity index (χ1v) is 8.55. The molecular weight excluding hydrogens is 314 g/mol. The summed E-state index contributed by atoms with van der Waals surface area (Å²) in [4.78, 5) is 14.9. The summed E-state index contributed by atoms with van der Waals surface area (Å²) in [6.07, 6.45) is 8.00. The molecule has 1 saturated carbocycles. The molecule has 0 radical (unpaired) electrons. The first kappa shape index (κ1) is 12.9. The summed E-state index contributed by atoms with van der Waals surface area (Å²) in [7, 11) is 0. The monoisotopic (exact) mass is 333 g/mol. The number of amides is 1. The number of benzene rings is 1. The van der Waals surface area contributed by atoms with Crippen LogP contribution in [-0.4, -0.2) is 11.4 Å². The summed E-state index contributed by atoms with van der Waals surface area (Å²) < 4.78 is 1.12. The van der Waals surface area contributed by atoms with Gasteiger partial charge < -0.3 is 4.90 Å². The number of carbonyl (C=O) groups excluding carboxylic acids is 1. The van der Waals surface area contributed by atoms with Crippen LogP contribution in [0, 0.1) is 0 Å². The first-order chi connectivity index (χ1) is 9.61. The lowest BCUT2D eigenvalue weighted by atomic mass is 9.70. The largest absolute Gasteiger partial charge is 0.305 e. The van der Waals surface area contributed by atoms with Crippen LogP contribution in [0.25, 0.3) is 0 Å². The maximum Gasteiger partial charge on any atom is 0.232 e. The third-order valence-corrected chi connectivity index (χ3v) is 5.93. The molecule has 4 rings (SSSR count). The Labute approximate surface area is 128 Å². The van der Waals surface area contributed by atoms with E-state index >= 15 is 0 Å². The molecule has 0 aromatic heterocycles. The number of carbonyl (C=O) groups is 1. The van der Waals surface area contributed by atoms with E-state index in [0.29, 0.717) is 18.2 Å². The minimum atomic E-state index is 0.126. The predicted octanol–water partition coefficient (Wildman–Crippen LogP) is 4.55. The Hall–Kier alpha value is -0.830. The first-order valence-electron chi connectivity index (χ1n) is 7.76. The zero-order chi connectivity index (χ0) is 13.9. The molecule has 0 bridgehead atoms. The van der Waals surface area contributed by atoms with Crippen molar-refractivity contribution in [1.29, 1.82) is 0 Å². The van der Waals surface area contributed by atoms with Crippen molar-refractivity contribution in [2.24, 2.45) is 0 Å². The molecule has 2 heterocycles. The highest BCUT2D eigenvalue weighted by molar-refractivity contribution is 9.10. The third-order valence-electron chi connectivity index (χ3n) is 5.47. The average molecular weight is 334 g/mol. The van der Waals surface area contributed by atoms with Crippen molar-refractivity contribution < 1.29 is 4.79 Å². The van der Waals surface area contributed by atoms with Gasteiger partial charge in [0.1, 0.15) is 0 Å². The Balaban J connectivity index is 1.91. The number of rotatable bonds is 0. The molecule has 2 aliphatic heterocycles. The van der Waals surface area contributed by atoms with E-state index in [4.69, 9.17) is 0 Å². The number of hydrogen-bond donors (Lipinski definition) is 0. The van der Waals surface area contributed by atoms with E-state index in [1.165, 1.54) is 48.9 Å². The smallest absolute Gasteiger partial charge is 0.232 e. The van der Waals surface area contributed by atoms with Crippen LogP contribution >= 0.6 is 15.9 Å². The summed E-state index contributed by atoms with van der Waals surface area (Å²) in [6.45, 7) is 2.33. The zero-order valence-corrected chi connectivity index (χ0v) is 13.5. The van der Waals surface area contributed by atoms with Crippen molar-refractivity contribution in [2.45, 2.75) is 63.3 Å². The van der Waals surface area contributed by atoms with Gasteiger partial charge in [0.25, 0.3) is 0 Å². The van der Waals surface area contributed by atoms with E-state index < -0.39 is 0 Å². The van der Waals surface area contributed by atoms with Gasteiger partial charge in [-0.3, -0.25) is 4.79 Å². The molecule has 1 atom stereocenters. The average Bonchev–Trinajstić information content (AvgIpc) is 2.74. The molecule has 1 aromatic carbocycles. The second kappa shape index (κ2) is 4.33. The number of anilines is 1. The molecule has 20 heavy (non-hydrogen) atoms. The fourth-order valence-electron chi connectivity index (χ4n) is 4.74. The molecule has 2 nitrogen and oxygen atoms in total. The summed E-state index contributed by atoms with van der Waals surface area (Å²) >= 11 is 3.61. The molecule has 1 amide bonds. The lowest BCUT2D eigenvalue weighted by Crippen LogP contribution is -2.54. The van der Waals surface area contributed by atoms with Gasteiger partial charge in [-0.25, -0.2) is 0 Å². The van der Waals surface area contributed by atoms with E-state index in [1.807, 2.05) is 0 Å². The second-order valence-electron chi connectivity index (χ2n) is 6.80. The van der Waals surface area contributed by atoms with Gasteiger partial charge in [-0.1, -0.05) is 42.1 Å². The van der Waals surface area contributed by atoms with Crippen LogP contribution in [0.4, 0.5) is 5.69 Å². The van der Waals surface area contributed by atoms with Gasteiger partial charge >= 0.3 is 0 Å². The van der Waals surface area contributed by atoms with Crippen LogP contribution in [0.5, 0.6) is 0 Å². The van der Waals surface area contributed by atoms with Crippen LogP contribution in [-0.2, 0) is 11.2 Å². The van der Waals surface area contributed by atoms with E-state index in [9.17, 15) is 4.79 Å². The van der Waals surface area contributed by atoms with Crippen molar-refractivity contribution in [2.75, 3.05) is 4.90 Å². The molecule has 3 heteroatoms. The second-order valence-corrected chi connectivity index (χ2v) is 7.71. The fraction of sp³-hybridized carbons (Fsp3) is 0.588. The van der Waals surface area contributed by atoms with Gasteiger partial charge in [-0.2, -0.15) is 0 Å². The number of hydrogen-bond acceptors (Lipinski definition) is 1. The van der Waals surface area contributed by atoms with Gasteiger partial charge in [0.05, 0.1) is 12.1 Å². The molecular formula is C17H20BrNO. The van der Waals surface area contributed by atoms with Crippen LogP contribution in [0.3, 0.4) is 0 Å². The summed E-state index contributed by atoms with van der Waals surface area (Å²) in [5.41, 5.74) is 3.99. The van der Waals surface area contributed by atoms with Gasteiger partial charge in [-0.05, 0) is 48.4 Å².